The van der Waals surface area contributed by atoms with Crippen LogP contribution in [0.3, 0.4) is 0 Å². The Kier molecular flexibility index (Phi) is 5.03. The molecule has 3 aromatic carbocycles. The van der Waals surface area contributed by atoms with Crippen LogP contribution in [0.1, 0.15) is 11.1 Å². The molecule has 0 spiro atoms. The molecule has 0 aliphatic carbocycles. The Balaban J connectivity index is 1.91. The van der Waals surface area contributed by atoms with Gasteiger partial charge in [0.25, 0.3) is 0 Å². The van der Waals surface area contributed by atoms with Crippen molar-refractivity contribution in [3.8, 4) is 27.8 Å². The fourth-order valence-corrected chi connectivity index (χ4v) is 5.95. The number of thiophene rings is 1. The first-order valence-electron chi connectivity index (χ1n) is 9.85. The van der Waals surface area contributed by atoms with Gasteiger partial charge in [0.05, 0.1) is 32.6 Å². The number of rotatable bonds is 4. The number of hydrogen-bond donors (Lipinski definition) is 0. The molecule has 5 aromatic rings. The van der Waals surface area contributed by atoms with Crippen molar-refractivity contribution in [1.29, 1.82) is 5.26 Å². The highest BCUT2D eigenvalue weighted by molar-refractivity contribution is 7.83. The number of fused-ring (bicyclic) bond motifs is 1. The first-order valence-corrected chi connectivity index (χ1v) is 11.8. The second-order valence-electron chi connectivity index (χ2n) is 7.23. The molecule has 0 bridgehead atoms. The third-order valence-corrected chi connectivity index (χ3v) is 7.55. The first kappa shape index (κ1) is 19.5. The second-order valence-corrected chi connectivity index (χ2v) is 9.51. The van der Waals surface area contributed by atoms with Gasteiger partial charge in [0.15, 0.2) is 11.0 Å². The van der Waals surface area contributed by atoms with E-state index >= 15 is 0 Å². The normalized spacial score (nSPS) is 12.0. The van der Waals surface area contributed by atoms with E-state index in [1.807, 2.05) is 101 Å². The minimum atomic E-state index is -1.45. The molecular formula is C26H18N2OS2. The van der Waals surface area contributed by atoms with Crippen LogP contribution >= 0.6 is 11.3 Å². The molecule has 1 atom stereocenters. The van der Waals surface area contributed by atoms with E-state index < -0.39 is 11.0 Å². The topological polar surface area (TPSA) is 45.8 Å². The molecular weight excluding hydrogens is 420 g/mol. The van der Waals surface area contributed by atoms with Crippen molar-refractivity contribution in [3.63, 3.8) is 0 Å². The van der Waals surface area contributed by atoms with E-state index in [2.05, 4.69) is 6.07 Å². The molecule has 5 rings (SSSR count). The lowest BCUT2D eigenvalue weighted by molar-refractivity contribution is 0.679. The van der Waals surface area contributed by atoms with Crippen LogP contribution in [-0.4, -0.2) is 8.18 Å². The zero-order chi connectivity index (χ0) is 21.4. The number of hydrogen-bond acceptors (Lipinski definition) is 3. The van der Waals surface area contributed by atoms with Gasteiger partial charge >= 0.3 is 0 Å². The van der Waals surface area contributed by atoms with E-state index in [1.165, 1.54) is 0 Å². The van der Waals surface area contributed by atoms with E-state index in [0.717, 1.165) is 43.1 Å². The van der Waals surface area contributed by atoms with Gasteiger partial charge in [0, 0.05) is 16.5 Å². The summed E-state index contributed by atoms with van der Waals surface area (Å²) >= 11 is 1.60. The Morgan fingerprint density at radius 2 is 1.65 bits per heavy atom. The van der Waals surface area contributed by atoms with Crippen LogP contribution in [0.25, 0.3) is 32.6 Å². The van der Waals surface area contributed by atoms with Crippen molar-refractivity contribution < 1.29 is 4.21 Å². The minimum Gasteiger partial charge on any atom is -0.253 e. The molecule has 0 radical (unpaired) electrons. The second kappa shape index (κ2) is 7.99. The molecule has 0 saturated carbocycles. The van der Waals surface area contributed by atoms with Gasteiger partial charge in [-0.15, -0.1) is 11.3 Å². The van der Waals surface area contributed by atoms with Gasteiger partial charge in [-0.05, 0) is 42.6 Å². The molecule has 0 fully saturated rings. The number of aromatic nitrogens is 1. The molecule has 2 aromatic heterocycles. The van der Waals surface area contributed by atoms with Crippen molar-refractivity contribution in [3.05, 3.63) is 101 Å². The lowest BCUT2D eigenvalue weighted by atomic mass is 9.97. The zero-order valence-corrected chi connectivity index (χ0v) is 18.4. The summed E-state index contributed by atoms with van der Waals surface area (Å²) in [4.78, 5) is 1.75. The van der Waals surface area contributed by atoms with Crippen LogP contribution in [0.4, 0.5) is 0 Å². The van der Waals surface area contributed by atoms with Crippen LogP contribution in [0.15, 0.2) is 95.2 Å². The highest BCUT2D eigenvalue weighted by Crippen LogP contribution is 2.44. The van der Waals surface area contributed by atoms with Crippen molar-refractivity contribution >= 4 is 33.2 Å². The summed E-state index contributed by atoms with van der Waals surface area (Å²) in [6, 6.07) is 29.8. The summed E-state index contributed by atoms with van der Waals surface area (Å²) in [6.07, 6.45) is 0. The van der Waals surface area contributed by atoms with E-state index in [9.17, 15) is 9.47 Å². The Labute approximate surface area is 187 Å². The smallest absolute Gasteiger partial charge is 0.157 e. The largest absolute Gasteiger partial charge is 0.253 e. The van der Waals surface area contributed by atoms with Crippen LogP contribution in [-0.2, 0) is 11.0 Å². The fourth-order valence-electron chi connectivity index (χ4n) is 3.85. The quantitative estimate of drug-likeness (QED) is 0.310. The molecule has 5 heteroatoms. The average Bonchev–Trinajstić information content (AvgIpc) is 3.45. The predicted molar refractivity (Wildman–Crippen MR) is 128 cm³/mol. The van der Waals surface area contributed by atoms with Crippen molar-refractivity contribution in [2.24, 2.45) is 0 Å². The van der Waals surface area contributed by atoms with Crippen LogP contribution in [0, 0.1) is 18.3 Å². The van der Waals surface area contributed by atoms with E-state index in [0.29, 0.717) is 5.56 Å². The monoisotopic (exact) mass is 438 g/mol. The highest BCUT2D eigenvalue weighted by Gasteiger charge is 2.25. The summed E-state index contributed by atoms with van der Waals surface area (Å²) < 4.78 is 15.8. The molecule has 150 valence electrons. The summed E-state index contributed by atoms with van der Waals surface area (Å²) in [6.45, 7) is 2.02. The molecule has 0 aliphatic heterocycles. The Morgan fingerprint density at radius 3 is 2.39 bits per heavy atom. The van der Waals surface area contributed by atoms with Crippen LogP contribution in [0.5, 0.6) is 0 Å². The number of aryl methyl sites for hydroxylation is 1. The SMILES string of the molecule is Cc1ccc(S(=O)n2c(-c3cccs3)c(-c3ccccc3C#N)c3ccccc32)cc1. The molecule has 0 saturated heterocycles. The standard InChI is InChI=1S/C26H18N2OS2/c1-18-12-14-20(15-13-18)31(29)28-23-10-5-4-9-22(23)25(26(28)24-11-6-16-30-24)21-8-3-2-7-19(21)17-27/h2-16H,1H3. The third kappa shape index (κ3) is 3.31. The van der Waals surface area contributed by atoms with Gasteiger partial charge in [-0.2, -0.15) is 5.26 Å². The van der Waals surface area contributed by atoms with Gasteiger partial charge < -0.3 is 0 Å². The third-order valence-electron chi connectivity index (χ3n) is 5.29. The van der Waals surface area contributed by atoms with E-state index in [-0.39, 0.29) is 0 Å². The number of para-hydroxylation sites is 1. The summed E-state index contributed by atoms with van der Waals surface area (Å²) in [5, 5.41) is 12.8. The Bertz CT molecular complexity index is 1460. The maximum atomic E-state index is 13.9. The number of benzene rings is 3. The summed E-state index contributed by atoms with van der Waals surface area (Å²) in [7, 11) is -1.45. The van der Waals surface area contributed by atoms with Gasteiger partial charge in [0.1, 0.15) is 0 Å². The van der Waals surface area contributed by atoms with Gasteiger partial charge in [-0.25, -0.2) is 4.21 Å². The van der Waals surface area contributed by atoms with Crippen LogP contribution < -0.4 is 0 Å². The lowest BCUT2D eigenvalue weighted by Gasteiger charge is -2.12. The summed E-state index contributed by atoms with van der Waals surface area (Å²) in [5.41, 5.74) is 5.27. The number of nitriles is 1. The molecule has 2 heterocycles. The fraction of sp³-hybridized carbons (Fsp3) is 0.0385. The lowest BCUT2D eigenvalue weighted by Crippen LogP contribution is -2.06. The highest BCUT2D eigenvalue weighted by atomic mass is 32.2. The van der Waals surface area contributed by atoms with Crippen molar-refractivity contribution in [2.75, 3.05) is 0 Å². The molecule has 0 aliphatic rings. The first-order chi connectivity index (χ1) is 15.2. The van der Waals surface area contributed by atoms with Crippen molar-refractivity contribution in [1.82, 2.24) is 3.97 Å². The summed E-state index contributed by atoms with van der Waals surface area (Å²) in [5.74, 6) is 0. The van der Waals surface area contributed by atoms with E-state index in [4.69, 9.17) is 0 Å². The van der Waals surface area contributed by atoms with Crippen LogP contribution in [0.2, 0.25) is 0 Å². The molecule has 1 unspecified atom stereocenters. The van der Waals surface area contributed by atoms with Gasteiger partial charge in [0.2, 0.25) is 0 Å². The maximum absolute atomic E-state index is 13.9. The number of nitrogens with zero attached hydrogens (tertiary/aromatic N) is 2. The predicted octanol–water partition coefficient (Wildman–Crippen LogP) is 6.79. The maximum Gasteiger partial charge on any atom is 0.157 e. The Morgan fingerprint density at radius 1 is 0.903 bits per heavy atom. The molecule has 0 amide bonds. The average molecular weight is 439 g/mol. The molecule has 31 heavy (non-hydrogen) atoms. The Hall–Kier alpha value is -3.46. The van der Waals surface area contributed by atoms with Gasteiger partial charge in [-0.3, -0.25) is 3.97 Å². The minimum absolute atomic E-state index is 0.601. The molecule has 0 N–H and O–H groups in total. The molecule has 3 nitrogen and oxygen atoms in total. The van der Waals surface area contributed by atoms with Gasteiger partial charge in [-0.1, -0.05) is 60.2 Å². The van der Waals surface area contributed by atoms with E-state index in [1.54, 1.807) is 11.3 Å². The van der Waals surface area contributed by atoms with Crippen molar-refractivity contribution in [2.45, 2.75) is 11.8 Å². The zero-order valence-electron chi connectivity index (χ0n) is 16.8.